The molecule has 4 rings (SSSR count). The van der Waals surface area contributed by atoms with Gasteiger partial charge in [0, 0.05) is 38.7 Å². The molecule has 0 aliphatic rings. The third kappa shape index (κ3) is 5.72. The zero-order chi connectivity index (χ0) is 27.4. The Morgan fingerprint density at radius 2 is 1.89 bits per heavy atom. The summed E-state index contributed by atoms with van der Waals surface area (Å²) in [6, 6.07) is 10.9. The van der Waals surface area contributed by atoms with Crippen LogP contribution in [0.15, 0.2) is 77.2 Å². The van der Waals surface area contributed by atoms with Gasteiger partial charge >= 0.3 is 0 Å². The van der Waals surface area contributed by atoms with E-state index < -0.39 is 11.6 Å². The Bertz CT molecular complexity index is 1590. The van der Waals surface area contributed by atoms with Crippen LogP contribution in [-0.4, -0.2) is 27.8 Å². The molecule has 1 atom stereocenters. The van der Waals surface area contributed by atoms with Crippen LogP contribution < -0.4 is 32.2 Å². The predicted molar refractivity (Wildman–Crippen MR) is 150 cm³/mol. The number of hydrogen-bond donors (Lipinski definition) is 3. The minimum atomic E-state index is -0.805. The highest BCUT2D eigenvalue weighted by Crippen LogP contribution is 2.37. The average Bonchev–Trinajstić information content (AvgIpc) is 2.89. The van der Waals surface area contributed by atoms with Crippen molar-refractivity contribution >= 4 is 51.3 Å². The molecule has 0 aliphatic heterocycles. The minimum Gasteiger partial charge on any atom is -0.495 e. The van der Waals surface area contributed by atoms with Gasteiger partial charge in [-0.15, -0.1) is 0 Å². The number of nitrogens with one attached hydrogen (secondary N) is 1. The first-order valence-electron chi connectivity index (χ1n) is 11.5. The van der Waals surface area contributed by atoms with Gasteiger partial charge in [0.2, 0.25) is 5.91 Å². The fraction of sp³-hybridized carbons (Fsp3) is 0.154. The van der Waals surface area contributed by atoms with Gasteiger partial charge in [-0.3, -0.25) is 19.2 Å². The molecule has 38 heavy (non-hydrogen) atoms. The van der Waals surface area contributed by atoms with E-state index in [1.807, 2.05) is 13.0 Å². The Labute approximate surface area is 228 Å². The molecule has 1 amide bonds. The van der Waals surface area contributed by atoms with Gasteiger partial charge in [-0.1, -0.05) is 36.2 Å². The molecule has 0 bridgehead atoms. The van der Waals surface area contributed by atoms with Gasteiger partial charge in [-0.05, 0) is 36.8 Å². The summed E-state index contributed by atoms with van der Waals surface area (Å²) in [5, 5.41) is 13.9. The second-order valence-corrected chi connectivity index (χ2v) is 9.20. The highest BCUT2D eigenvalue weighted by Gasteiger charge is 2.23. The Morgan fingerprint density at radius 1 is 1.16 bits per heavy atom. The van der Waals surface area contributed by atoms with Gasteiger partial charge in [0.05, 0.1) is 37.6 Å². The summed E-state index contributed by atoms with van der Waals surface area (Å²) in [5.74, 6) is 6.10. The third-order valence-corrected chi connectivity index (χ3v) is 6.23. The first kappa shape index (κ1) is 26.9. The van der Waals surface area contributed by atoms with Crippen LogP contribution in [0.3, 0.4) is 0 Å². The number of carbonyl (C=O) groups excluding carboxylic acids is 1. The van der Waals surface area contributed by atoms with Gasteiger partial charge in [0.1, 0.15) is 16.9 Å². The zero-order valence-corrected chi connectivity index (χ0v) is 22.1. The van der Waals surface area contributed by atoms with E-state index in [1.54, 1.807) is 42.7 Å². The third-order valence-electron chi connectivity index (χ3n) is 5.89. The van der Waals surface area contributed by atoms with E-state index in [2.05, 4.69) is 15.5 Å². The van der Waals surface area contributed by atoms with Crippen molar-refractivity contribution < 1.29 is 9.53 Å². The Balaban J connectivity index is 1.72. The summed E-state index contributed by atoms with van der Waals surface area (Å²) in [5.41, 5.74) is 7.12. The summed E-state index contributed by atoms with van der Waals surface area (Å²) < 4.78 is 6.96. The number of carbonyl (C=O) groups is 1. The molecule has 0 saturated carbocycles. The number of fused-ring (bicyclic) bond motifs is 1. The van der Waals surface area contributed by atoms with Crippen molar-refractivity contribution in [2.45, 2.75) is 19.4 Å². The number of anilines is 2. The van der Waals surface area contributed by atoms with Crippen LogP contribution in [0.4, 0.5) is 11.4 Å². The van der Waals surface area contributed by atoms with Crippen LogP contribution in [-0.2, 0) is 4.79 Å². The SMILES string of the molecule is CCC(C(=O)Nc1ccc2cnncc2c1)n1cc(OC)c(-c2cc(Cl)ccc2N(N)/C=C(\N)Cl)cc1=O. The summed E-state index contributed by atoms with van der Waals surface area (Å²) in [7, 11) is 1.47. The number of nitrogens with two attached hydrogens (primary N) is 2. The maximum atomic E-state index is 13.3. The van der Waals surface area contributed by atoms with Crippen LogP contribution >= 0.6 is 23.2 Å². The first-order valence-corrected chi connectivity index (χ1v) is 12.3. The second-order valence-electron chi connectivity index (χ2n) is 8.33. The van der Waals surface area contributed by atoms with Crippen LogP contribution in [0.1, 0.15) is 19.4 Å². The standard InChI is InChI=1S/C26H25Cl2N7O3/c1-3-21(26(37)33-18-6-4-15-11-31-32-12-16(15)8-18)34-13-23(38-2)20(10-25(34)36)19-9-17(27)5-7-22(19)35(30)14-24(28)29/h4-14,21H,3,29-30H2,1-2H3,(H,33,37)/b24-14-. The van der Waals surface area contributed by atoms with Crippen LogP contribution in [0.2, 0.25) is 5.02 Å². The van der Waals surface area contributed by atoms with E-state index in [0.29, 0.717) is 39.7 Å². The fourth-order valence-electron chi connectivity index (χ4n) is 4.10. The lowest BCUT2D eigenvalue weighted by Gasteiger charge is -2.22. The number of pyridine rings is 1. The molecular weight excluding hydrogens is 529 g/mol. The van der Waals surface area contributed by atoms with Gasteiger partial charge in [0.25, 0.3) is 5.56 Å². The van der Waals surface area contributed by atoms with Gasteiger partial charge in [-0.25, -0.2) is 5.84 Å². The van der Waals surface area contributed by atoms with Crippen molar-refractivity contribution in [1.82, 2.24) is 14.8 Å². The Kier molecular flexibility index (Phi) is 8.16. The van der Waals surface area contributed by atoms with Crippen LogP contribution in [0, 0.1) is 0 Å². The molecule has 0 saturated heterocycles. The van der Waals surface area contributed by atoms with Gasteiger partial charge < -0.3 is 15.8 Å². The van der Waals surface area contributed by atoms with E-state index in [1.165, 1.54) is 35.1 Å². The van der Waals surface area contributed by atoms with E-state index in [4.69, 9.17) is 39.5 Å². The molecule has 1 unspecified atom stereocenters. The molecule has 4 aromatic rings. The monoisotopic (exact) mass is 553 g/mol. The smallest absolute Gasteiger partial charge is 0.252 e. The van der Waals surface area contributed by atoms with Crippen molar-refractivity contribution in [2.75, 3.05) is 17.4 Å². The molecule has 2 aromatic heterocycles. The lowest BCUT2D eigenvalue weighted by molar-refractivity contribution is -0.119. The normalized spacial score (nSPS) is 12.3. The minimum absolute atomic E-state index is 0.0353. The highest BCUT2D eigenvalue weighted by atomic mass is 35.5. The zero-order valence-electron chi connectivity index (χ0n) is 20.6. The summed E-state index contributed by atoms with van der Waals surface area (Å²) >= 11 is 12.1. The molecule has 2 aromatic carbocycles. The average molecular weight is 554 g/mol. The first-order chi connectivity index (χ1) is 18.2. The summed E-state index contributed by atoms with van der Waals surface area (Å²) in [6.45, 7) is 1.82. The van der Waals surface area contributed by atoms with E-state index >= 15 is 0 Å². The van der Waals surface area contributed by atoms with Gasteiger partial charge in [0.15, 0.2) is 0 Å². The van der Waals surface area contributed by atoms with E-state index in [9.17, 15) is 9.59 Å². The number of benzene rings is 2. The maximum absolute atomic E-state index is 13.3. The molecule has 0 radical (unpaired) electrons. The number of rotatable bonds is 8. The fourth-order valence-corrected chi connectivity index (χ4v) is 4.38. The Morgan fingerprint density at radius 3 is 2.58 bits per heavy atom. The molecular formula is C26H25Cl2N7O3. The number of hydrazine groups is 1. The van der Waals surface area contributed by atoms with Crippen molar-refractivity contribution in [1.29, 1.82) is 0 Å². The quantitative estimate of drug-likeness (QED) is 0.166. The highest BCUT2D eigenvalue weighted by molar-refractivity contribution is 6.31. The van der Waals surface area contributed by atoms with Crippen LogP contribution in [0.25, 0.3) is 21.9 Å². The van der Waals surface area contributed by atoms with Crippen LogP contribution in [0.5, 0.6) is 5.75 Å². The summed E-state index contributed by atoms with van der Waals surface area (Å²) in [6.07, 6.45) is 6.42. The topological polar surface area (TPSA) is 141 Å². The second kappa shape index (κ2) is 11.5. The van der Waals surface area contributed by atoms with Crippen molar-refractivity contribution in [3.8, 4) is 16.9 Å². The number of methoxy groups -OCH3 is 1. The number of ether oxygens (including phenoxy) is 1. The van der Waals surface area contributed by atoms with E-state index in [0.717, 1.165) is 10.8 Å². The number of amides is 1. The molecule has 0 fully saturated rings. The van der Waals surface area contributed by atoms with Crippen molar-refractivity contribution in [3.63, 3.8) is 0 Å². The van der Waals surface area contributed by atoms with Crippen molar-refractivity contribution in [3.05, 3.63) is 87.8 Å². The van der Waals surface area contributed by atoms with Gasteiger partial charge in [-0.2, -0.15) is 10.2 Å². The molecule has 196 valence electrons. The molecule has 2 heterocycles. The number of nitrogens with zero attached hydrogens (tertiary/aromatic N) is 4. The molecule has 12 heteroatoms. The lowest BCUT2D eigenvalue weighted by atomic mass is 10.0. The predicted octanol–water partition coefficient (Wildman–Crippen LogP) is 4.39. The number of hydrogen-bond acceptors (Lipinski definition) is 8. The maximum Gasteiger partial charge on any atom is 0.252 e. The number of aromatic nitrogens is 3. The molecule has 0 spiro atoms. The van der Waals surface area contributed by atoms with Crippen molar-refractivity contribution in [2.24, 2.45) is 11.6 Å². The molecule has 5 N–H and O–H groups in total. The largest absolute Gasteiger partial charge is 0.495 e. The summed E-state index contributed by atoms with van der Waals surface area (Å²) in [4.78, 5) is 26.6. The molecule has 10 nitrogen and oxygen atoms in total. The lowest BCUT2D eigenvalue weighted by Crippen LogP contribution is -2.32. The molecule has 0 aliphatic carbocycles. The van der Waals surface area contributed by atoms with E-state index in [-0.39, 0.29) is 11.1 Å². The Hall–Kier alpha value is -4.12. The number of halogens is 2.